The molecular weight excluding hydrogens is 312 g/mol. The molecule has 3 heterocycles. The Morgan fingerprint density at radius 1 is 1.24 bits per heavy atom. The van der Waals surface area contributed by atoms with E-state index in [0.29, 0.717) is 0 Å². The number of rotatable bonds is 4. The van der Waals surface area contributed by atoms with Gasteiger partial charge in [-0.1, -0.05) is 23.8 Å². The number of ether oxygens (including phenoxy) is 1. The highest BCUT2D eigenvalue weighted by Crippen LogP contribution is 2.27. The largest absolute Gasteiger partial charge is 0.376 e. The van der Waals surface area contributed by atoms with E-state index in [-0.39, 0.29) is 6.10 Å². The lowest BCUT2D eigenvalue weighted by molar-refractivity contribution is 0.120. The Bertz CT molecular complexity index is 909. The van der Waals surface area contributed by atoms with Crippen LogP contribution in [0.25, 0.3) is 16.9 Å². The second-order valence-electron chi connectivity index (χ2n) is 6.88. The van der Waals surface area contributed by atoms with Crippen molar-refractivity contribution in [3.63, 3.8) is 0 Å². The molecule has 1 fully saturated rings. The molecule has 0 unspecified atom stereocenters. The summed E-state index contributed by atoms with van der Waals surface area (Å²) in [6.07, 6.45) is 2.55. The Balaban J connectivity index is 1.74. The molecule has 25 heavy (non-hydrogen) atoms. The number of aromatic nitrogens is 3. The van der Waals surface area contributed by atoms with Gasteiger partial charge in [-0.2, -0.15) is 9.61 Å². The van der Waals surface area contributed by atoms with E-state index in [1.807, 2.05) is 11.4 Å². The van der Waals surface area contributed by atoms with Crippen LogP contribution in [-0.4, -0.2) is 33.9 Å². The summed E-state index contributed by atoms with van der Waals surface area (Å²) in [6.45, 7) is 7.89. The minimum Gasteiger partial charge on any atom is -0.376 e. The maximum absolute atomic E-state index is 5.72. The second-order valence-corrected chi connectivity index (χ2v) is 6.88. The molecule has 0 aliphatic carbocycles. The van der Waals surface area contributed by atoms with Crippen molar-refractivity contribution in [3.8, 4) is 11.3 Å². The zero-order valence-corrected chi connectivity index (χ0v) is 15.0. The zero-order chi connectivity index (χ0) is 17.4. The number of nitrogens with one attached hydrogen (secondary N) is 1. The van der Waals surface area contributed by atoms with Crippen molar-refractivity contribution < 1.29 is 4.74 Å². The number of hydrogen-bond acceptors (Lipinski definition) is 4. The Labute approximate surface area is 148 Å². The van der Waals surface area contributed by atoms with Crippen molar-refractivity contribution >= 4 is 11.5 Å². The molecule has 5 heteroatoms. The first-order valence-electron chi connectivity index (χ1n) is 8.91. The van der Waals surface area contributed by atoms with E-state index in [2.05, 4.69) is 49.5 Å². The van der Waals surface area contributed by atoms with Gasteiger partial charge in [0.1, 0.15) is 5.82 Å². The maximum atomic E-state index is 5.72. The van der Waals surface area contributed by atoms with Crippen molar-refractivity contribution in [2.24, 2.45) is 0 Å². The van der Waals surface area contributed by atoms with E-state index >= 15 is 0 Å². The number of fused-ring (bicyclic) bond motifs is 1. The second kappa shape index (κ2) is 6.48. The first-order valence-corrected chi connectivity index (χ1v) is 8.91. The molecule has 1 atom stereocenters. The molecule has 130 valence electrons. The molecule has 1 N–H and O–H groups in total. The molecule has 1 saturated heterocycles. The van der Waals surface area contributed by atoms with Crippen LogP contribution in [0.15, 0.2) is 30.3 Å². The lowest BCUT2D eigenvalue weighted by atomic mass is 10.1. The molecule has 4 rings (SSSR count). The van der Waals surface area contributed by atoms with Gasteiger partial charge in [-0.25, -0.2) is 4.98 Å². The maximum Gasteiger partial charge on any atom is 0.161 e. The smallest absolute Gasteiger partial charge is 0.161 e. The average molecular weight is 336 g/mol. The van der Waals surface area contributed by atoms with Crippen LogP contribution in [0.2, 0.25) is 0 Å². The van der Waals surface area contributed by atoms with Crippen LogP contribution in [0, 0.1) is 20.8 Å². The third-order valence-electron chi connectivity index (χ3n) is 4.77. The molecule has 1 aliphatic rings. The van der Waals surface area contributed by atoms with E-state index in [0.717, 1.165) is 60.0 Å². The number of benzene rings is 1. The van der Waals surface area contributed by atoms with Gasteiger partial charge >= 0.3 is 0 Å². The molecule has 0 bridgehead atoms. The number of nitrogens with zero attached hydrogens (tertiary/aromatic N) is 3. The third kappa shape index (κ3) is 3.12. The van der Waals surface area contributed by atoms with Gasteiger partial charge in [0.2, 0.25) is 0 Å². The van der Waals surface area contributed by atoms with Gasteiger partial charge in [0, 0.05) is 36.0 Å². The monoisotopic (exact) mass is 336 g/mol. The molecule has 0 saturated carbocycles. The molecule has 5 nitrogen and oxygen atoms in total. The molecule has 0 amide bonds. The van der Waals surface area contributed by atoms with E-state index in [4.69, 9.17) is 14.8 Å². The van der Waals surface area contributed by atoms with E-state index in [1.54, 1.807) is 0 Å². The summed E-state index contributed by atoms with van der Waals surface area (Å²) in [4.78, 5) is 4.71. The molecular formula is C20H24N4O. The van der Waals surface area contributed by atoms with Gasteiger partial charge in [-0.3, -0.25) is 0 Å². The predicted molar refractivity (Wildman–Crippen MR) is 100 cm³/mol. The van der Waals surface area contributed by atoms with Crippen LogP contribution >= 0.6 is 0 Å². The molecule has 0 radical (unpaired) electrons. The van der Waals surface area contributed by atoms with E-state index < -0.39 is 0 Å². The van der Waals surface area contributed by atoms with Gasteiger partial charge in [0.05, 0.1) is 11.8 Å². The summed E-state index contributed by atoms with van der Waals surface area (Å²) in [7, 11) is 0. The summed E-state index contributed by atoms with van der Waals surface area (Å²) in [5.41, 5.74) is 6.35. The van der Waals surface area contributed by atoms with Crippen LogP contribution in [0.5, 0.6) is 0 Å². The standard InChI is InChI=1S/C20H24N4O/c1-13-6-4-7-16(10-13)19-15(3)20-22-14(2)11-18(24(20)23-19)21-12-17-8-5-9-25-17/h4,6-7,10-11,17,21H,5,8-9,12H2,1-3H3/t17-/m0/s1. The van der Waals surface area contributed by atoms with Crippen molar-refractivity contribution in [1.82, 2.24) is 14.6 Å². The summed E-state index contributed by atoms with van der Waals surface area (Å²) < 4.78 is 7.65. The highest BCUT2D eigenvalue weighted by molar-refractivity contribution is 5.72. The molecule has 0 spiro atoms. The van der Waals surface area contributed by atoms with Crippen LogP contribution in [0.1, 0.15) is 29.7 Å². The topological polar surface area (TPSA) is 51.5 Å². The van der Waals surface area contributed by atoms with Crippen LogP contribution in [0.4, 0.5) is 5.82 Å². The number of hydrogen-bond donors (Lipinski definition) is 1. The first-order chi connectivity index (χ1) is 12.1. The molecule has 1 aliphatic heterocycles. The Morgan fingerprint density at radius 2 is 2.12 bits per heavy atom. The zero-order valence-electron chi connectivity index (χ0n) is 15.0. The van der Waals surface area contributed by atoms with Gasteiger partial charge < -0.3 is 10.1 Å². The van der Waals surface area contributed by atoms with Gasteiger partial charge in [0.15, 0.2) is 5.65 Å². The van der Waals surface area contributed by atoms with Gasteiger partial charge in [-0.15, -0.1) is 0 Å². The van der Waals surface area contributed by atoms with E-state index in [1.165, 1.54) is 5.56 Å². The van der Waals surface area contributed by atoms with Crippen molar-refractivity contribution in [2.75, 3.05) is 18.5 Å². The number of anilines is 1. The predicted octanol–water partition coefficient (Wildman–Crippen LogP) is 3.91. The van der Waals surface area contributed by atoms with Gasteiger partial charge in [-0.05, 0) is 39.7 Å². The highest BCUT2D eigenvalue weighted by Gasteiger charge is 2.18. The first kappa shape index (κ1) is 16.1. The third-order valence-corrected chi connectivity index (χ3v) is 4.77. The SMILES string of the molecule is Cc1cccc(-c2nn3c(NC[C@@H]4CCCO4)cc(C)nc3c2C)c1. The fraction of sp³-hybridized carbons (Fsp3) is 0.400. The quantitative estimate of drug-likeness (QED) is 0.785. The van der Waals surface area contributed by atoms with Crippen molar-refractivity contribution in [1.29, 1.82) is 0 Å². The molecule has 1 aromatic carbocycles. The van der Waals surface area contributed by atoms with Crippen molar-refractivity contribution in [3.05, 3.63) is 47.2 Å². The van der Waals surface area contributed by atoms with Crippen LogP contribution in [0.3, 0.4) is 0 Å². The normalized spacial score (nSPS) is 17.3. The van der Waals surface area contributed by atoms with Crippen LogP contribution in [-0.2, 0) is 4.74 Å². The van der Waals surface area contributed by atoms with Crippen LogP contribution < -0.4 is 5.32 Å². The highest BCUT2D eigenvalue weighted by atomic mass is 16.5. The summed E-state index contributed by atoms with van der Waals surface area (Å²) in [5.74, 6) is 0.972. The Kier molecular flexibility index (Phi) is 4.17. The minimum absolute atomic E-state index is 0.288. The fourth-order valence-electron chi connectivity index (χ4n) is 3.46. The van der Waals surface area contributed by atoms with Crippen molar-refractivity contribution in [2.45, 2.75) is 39.7 Å². The Hall–Kier alpha value is -2.40. The fourth-order valence-corrected chi connectivity index (χ4v) is 3.46. The Morgan fingerprint density at radius 3 is 2.88 bits per heavy atom. The summed E-state index contributed by atoms with van der Waals surface area (Å²) in [5, 5.41) is 8.37. The molecule has 2 aromatic heterocycles. The van der Waals surface area contributed by atoms with E-state index in [9.17, 15) is 0 Å². The van der Waals surface area contributed by atoms with Gasteiger partial charge in [0.25, 0.3) is 0 Å². The molecule has 3 aromatic rings. The minimum atomic E-state index is 0.288. The average Bonchev–Trinajstić information content (AvgIpc) is 3.21. The summed E-state index contributed by atoms with van der Waals surface area (Å²) in [6, 6.07) is 10.5. The summed E-state index contributed by atoms with van der Waals surface area (Å²) >= 11 is 0. The lowest BCUT2D eigenvalue weighted by Gasteiger charge is -2.13. The lowest BCUT2D eigenvalue weighted by Crippen LogP contribution is -2.20. The number of aryl methyl sites for hydroxylation is 3.